The first kappa shape index (κ1) is 16.1. The minimum atomic E-state index is -4.33. The van der Waals surface area contributed by atoms with Crippen molar-refractivity contribution in [1.29, 1.82) is 0 Å². The predicted molar refractivity (Wildman–Crippen MR) is 76.5 cm³/mol. The molecule has 0 unspecified atom stereocenters. The number of ether oxygens (including phenoxy) is 1. The third-order valence-corrected chi connectivity index (χ3v) is 3.67. The fourth-order valence-electron chi connectivity index (χ4n) is 2.55. The normalized spacial score (nSPS) is 15.7. The van der Waals surface area contributed by atoms with Crippen LogP contribution in [0, 0.1) is 0 Å². The molecule has 0 atom stereocenters. The van der Waals surface area contributed by atoms with E-state index in [1.54, 1.807) is 19.2 Å². The van der Waals surface area contributed by atoms with E-state index in [1.165, 1.54) is 6.07 Å². The number of hydrogen-bond donors (Lipinski definition) is 1. The van der Waals surface area contributed by atoms with E-state index in [0.717, 1.165) is 25.9 Å². The lowest BCUT2D eigenvalue weighted by Gasteiger charge is -2.21. The van der Waals surface area contributed by atoms with Gasteiger partial charge in [0, 0.05) is 39.0 Å². The fraction of sp³-hybridized carbons (Fsp3) is 0.600. The number of nitrogens with zero attached hydrogens (tertiary/aromatic N) is 1. The first-order valence-corrected chi connectivity index (χ1v) is 7.17. The van der Waals surface area contributed by atoms with Crippen LogP contribution in [-0.4, -0.2) is 33.4 Å². The van der Waals surface area contributed by atoms with E-state index in [9.17, 15) is 13.2 Å². The molecule has 1 heterocycles. The number of methoxy groups -OCH3 is 1. The zero-order chi connectivity index (χ0) is 15.3. The monoisotopic (exact) mass is 302 g/mol. The van der Waals surface area contributed by atoms with Gasteiger partial charge in [-0.05, 0) is 30.5 Å². The van der Waals surface area contributed by atoms with Crippen molar-refractivity contribution in [2.24, 2.45) is 0 Å². The number of hydrogen-bond acceptors (Lipinski definition) is 3. The zero-order valence-corrected chi connectivity index (χ0v) is 12.2. The van der Waals surface area contributed by atoms with Crippen LogP contribution in [-0.2, 0) is 17.5 Å². The summed E-state index contributed by atoms with van der Waals surface area (Å²) in [6.07, 6.45) is -2.24. The second kappa shape index (κ2) is 7.13. The van der Waals surface area contributed by atoms with Gasteiger partial charge in [0.05, 0.1) is 12.2 Å². The van der Waals surface area contributed by atoms with Gasteiger partial charge in [0.15, 0.2) is 0 Å². The first-order chi connectivity index (χ1) is 10.0. The molecule has 1 N–H and O–H groups in total. The number of rotatable bonds is 6. The molecule has 0 aliphatic carbocycles. The van der Waals surface area contributed by atoms with Gasteiger partial charge in [0.1, 0.15) is 0 Å². The van der Waals surface area contributed by atoms with Crippen LogP contribution in [0.3, 0.4) is 0 Å². The van der Waals surface area contributed by atoms with Crippen LogP contribution < -0.4 is 10.2 Å². The van der Waals surface area contributed by atoms with Gasteiger partial charge in [0.2, 0.25) is 0 Å². The molecular weight excluding hydrogens is 281 g/mol. The van der Waals surface area contributed by atoms with Crippen LogP contribution in [0.25, 0.3) is 0 Å². The number of benzene rings is 1. The average Bonchev–Trinajstić information content (AvgIpc) is 2.97. The molecule has 1 aromatic carbocycles. The lowest BCUT2D eigenvalue weighted by molar-refractivity contribution is -0.138. The SMILES string of the molecule is COCCNCc1ccc(N2CCCC2)cc1C(F)(F)F. The van der Waals surface area contributed by atoms with Gasteiger partial charge in [-0.1, -0.05) is 6.07 Å². The summed E-state index contributed by atoms with van der Waals surface area (Å²) in [7, 11) is 1.56. The predicted octanol–water partition coefficient (Wildman–Crippen LogP) is 3.04. The van der Waals surface area contributed by atoms with Crippen LogP contribution in [0.15, 0.2) is 18.2 Å². The van der Waals surface area contributed by atoms with E-state index < -0.39 is 11.7 Å². The van der Waals surface area contributed by atoms with Crippen molar-refractivity contribution in [3.05, 3.63) is 29.3 Å². The maximum Gasteiger partial charge on any atom is 0.416 e. The molecule has 0 bridgehead atoms. The minimum Gasteiger partial charge on any atom is -0.383 e. The number of anilines is 1. The molecule has 0 aromatic heterocycles. The molecule has 1 aromatic rings. The average molecular weight is 302 g/mol. The second-order valence-electron chi connectivity index (χ2n) is 5.20. The van der Waals surface area contributed by atoms with Crippen molar-refractivity contribution in [3.63, 3.8) is 0 Å². The van der Waals surface area contributed by atoms with Crippen LogP contribution >= 0.6 is 0 Å². The summed E-state index contributed by atoms with van der Waals surface area (Å²) in [5.74, 6) is 0. The fourth-order valence-corrected chi connectivity index (χ4v) is 2.55. The maximum absolute atomic E-state index is 13.2. The molecule has 2 rings (SSSR count). The third kappa shape index (κ3) is 4.35. The molecule has 1 aliphatic rings. The van der Waals surface area contributed by atoms with E-state index in [2.05, 4.69) is 5.32 Å². The highest BCUT2D eigenvalue weighted by molar-refractivity contribution is 5.52. The van der Waals surface area contributed by atoms with Crippen LogP contribution in [0.4, 0.5) is 18.9 Å². The molecule has 1 fully saturated rings. The quantitative estimate of drug-likeness (QED) is 0.818. The zero-order valence-electron chi connectivity index (χ0n) is 12.2. The van der Waals surface area contributed by atoms with Gasteiger partial charge < -0.3 is 15.0 Å². The standard InChI is InChI=1S/C15H21F3N2O/c1-21-9-6-19-11-12-4-5-13(20-7-2-3-8-20)10-14(12)15(16,17)18/h4-5,10,19H,2-3,6-9,11H2,1H3. The van der Waals surface area contributed by atoms with E-state index in [-0.39, 0.29) is 12.1 Å². The molecule has 0 radical (unpaired) electrons. The maximum atomic E-state index is 13.2. The first-order valence-electron chi connectivity index (χ1n) is 7.17. The second-order valence-corrected chi connectivity index (χ2v) is 5.20. The van der Waals surface area contributed by atoms with Crippen LogP contribution in [0.1, 0.15) is 24.0 Å². The van der Waals surface area contributed by atoms with E-state index >= 15 is 0 Å². The van der Waals surface area contributed by atoms with Gasteiger partial charge in [-0.15, -0.1) is 0 Å². The topological polar surface area (TPSA) is 24.5 Å². The molecule has 0 spiro atoms. The lowest BCUT2D eigenvalue weighted by atomic mass is 10.1. The van der Waals surface area contributed by atoms with Crippen molar-refractivity contribution < 1.29 is 17.9 Å². The molecule has 1 saturated heterocycles. The summed E-state index contributed by atoms with van der Waals surface area (Å²) in [5, 5.41) is 2.97. The van der Waals surface area contributed by atoms with Gasteiger partial charge in [-0.25, -0.2) is 0 Å². The molecule has 0 amide bonds. The molecule has 3 nitrogen and oxygen atoms in total. The summed E-state index contributed by atoms with van der Waals surface area (Å²) in [5.41, 5.74) is 0.402. The highest BCUT2D eigenvalue weighted by atomic mass is 19.4. The Balaban J connectivity index is 2.15. The Morgan fingerprint density at radius 3 is 2.57 bits per heavy atom. The largest absolute Gasteiger partial charge is 0.416 e. The van der Waals surface area contributed by atoms with Crippen molar-refractivity contribution >= 4 is 5.69 Å². The Bertz CT molecular complexity index is 457. The Labute approximate surface area is 123 Å². The van der Waals surface area contributed by atoms with Crippen LogP contribution in [0.2, 0.25) is 0 Å². The number of nitrogens with one attached hydrogen (secondary N) is 1. The summed E-state index contributed by atoms with van der Waals surface area (Å²) in [6, 6.07) is 4.64. The Morgan fingerprint density at radius 2 is 1.95 bits per heavy atom. The summed E-state index contributed by atoms with van der Waals surface area (Å²) >= 11 is 0. The van der Waals surface area contributed by atoms with Crippen molar-refractivity contribution in [2.45, 2.75) is 25.6 Å². The van der Waals surface area contributed by atoms with Gasteiger partial charge in [-0.3, -0.25) is 0 Å². The number of halogens is 3. The highest BCUT2D eigenvalue weighted by Crippen LogP contribution is 2.35. The van der Waals surface area contributed by atoms with Gasteiger partial charge in [-0.2, -0.15) is 13.2 Å². The summed E-state index contributed by atoms with van der Waals surface area (Å²) in [6.45, 7) is 2.87. The molecular formula is C15H21F3N2O. The Morgan fingerprint density at radius 1 is 1.24 bits per heavy atom. The number of alkyl halides is 3. The third-order valence-electron chi connectivity index (χ3n) is 3.67. The van der Waals surface area contributed by atoms with E-state index in [1.807, 2.05) is 4.90 Å². The molecule has 1 aliphatic heterocycles. The molecule has 0 saturated carbocycles. The van der Waals surface area contributed by atoms with Crippen molar-refractivity contribution in [1.82, 2.24) is 5.32 Å². The van der Waals surface area contributed by atoms with Crippen molar-refractivity contribution in [2.75, 3.05) is 38.3 Å². The van der Waals surface area contributed by atoms with E-state index in [4.69, 9.17) is 4.74 Å². The minimum absolute atomic E-state index is 0.193. The van der Waals surface area contributed by atoms with Crippen molar-refractivity contribution in [3.8, 4) is 0 Å². The Hall–Kier alpha value is -1.27. The lowest BCUT2D eigenvalue weighted by Crippen LogP contribution is -2.22. The molecule has 6 heteroatoms. The molecule has 118 valence electrons. The Kier molecular flexibility index (Phi) is 5.47. The van der Waals surface area contributed by atoms with Gasteiger partial charge >= 0.3 is 6.18 Å². The van der Waals surface area contributed by atoms with Gasteiger partial charge in [0.25, 0.3) is 0 Å². The highest BCUT2D eigenvalue weighted by Gasteiger charge is 2.34. The van der Waals surface area contributed by atoms with Crippen LogP contribution in [0.5, 0.6) is 0 Å². The smallest absolute Gasteiger partial charge is 0.383 e. The molecule has 21 heavy (non-hydrogen) atoms. The van der Waals surface area contributed by atoms with E-state index in [0.29, 0.717) is 18.8 Å². The summed E-state index contributed by atoms with van der Waals surface area (Å²) in [4.78, 5) is 2.01. The summed E-state index contributed by atoms with van der Waals surface area (Å²) < 4.78 is 44.5.